The molecule has 0 atom stereocenters. The summed E-state index contributed by atoms with van der Waals surface area (Å²) in [5, 5.41) is 12.7. The highest BCUT2D eigenvalue weighted by molar-refractivity contribution is 7.16. The van der Waals surface area contributed by atoms with Gasteiger partial charge in [-0.05, 0) is 31.1 Å². The lowest BCUT2D eigenvalue weighted by molar-refractivity contribution is -0.111. The van der Waals surface area contributed by atoms with Crippen LogP contribution in [0.3, 0.4) is 0 Å². The van der Waals surface area contributed by atoms with Gasteiger partial charge in [0.1, 0.15) is 11.1 Å². The maximum Gasteiger partial charge on any atom is 0.410 e. The van der Waals surface area contributed by atoms with E-state index in [2.05, 4.69) is 11.4 Å². The molecule has 134 valence electrons. The van der Waals surface area contributed by atoms with Crippen LogP contribution in [0.2, 0.25) is 0 Å². The van der Waals surface area contributed by atoms with Crippen LogP contribution in [0.4, 0.5) is 9.80 Å². The second-order valence-corrected chi connectivity index (χ2v) is 6.67. The second-order valence-electron chi connectivity index (χ2n) is 5.57. The van der Waals surface area contributed by atoms with Gasteiger partial charge >= 0.3 is 6.09 Å². The number of carbonyl (C=O) groups is 2. The van der Waals surface area contributed by atoms with Crippen molar-refractivity contribution in [2.75, 3.05) is 18.5 Å². The molecule has 0 saturated carbocycles. The fourth-order valence-corrected chi connectivity index (χ4v) is 3.89. The molecule has 1 aliphatic rings. The summed E-state index contributed by atoms with van der Waals surface area (Å²) in [5.41, 5.74) is 2.14. The van der Waals surface area contributed by atoms with Gasteiger partial charge in [-0.1, -0.05) is 0 Å². The minimum Gasteiger partial charge on any atom is -0.472 e. The lowest BCUT2D eigenvalue weighted by Crippen LogP contribution is -2.35. The molecule has 0 radical (unpaired) electrons. The topological polar surface area (TPSA) is 95.6 Å². The molecule has 2 aromatic rings. The maximum atomic E-state index is 12.1. The van der Waals surface area contributed by atoms with E-state index >= 15 is 0 Å². The predicted molar refractivity (Wildman–Crippen MR) is 96.5 cm³/mol. The van der Waals surface area contributed by atoms with Crippen molar-refractivity contribution in [3.8, 4) is 6.07 Å². The third kappa shape index (κ3) is 3.78. The average molecular weight is 371 g/mol. The first-order valence-corrected chi connectivity index (χ1v) is 8.91. The number of nitrogens with one attached hydrogen (secondary N) is 1. The van der Waals surface area contributed by atoms with E-state index in [1.165, 1.54) is 29.9 Å². The molecule has 7 nitrogen and oxygen atoms in total. The smallest absolute Gasteiger partial charge is 0.410 e. The van der Waals surface area contributed by atoms with Crippen LogP contribution >= 0.6 is 11.3 Å². The zero-order valence-corrected chi connectivity index (χ0v) is 15.0. The number of furan rings is 1. The number of hydrogen-bond acceptors (Lipinski definition) is 6. The summed E-state index contributed by atoms with van der Waals surface area (Å²) in [7, 11) is 0. The highest BCUT2D eigenvalue weighted by atomic mass is 32.1. The van der Waals surface area contributed by atoms with Crippen LogP contribution in [0.25, 0.3) is 6.08 Å². The second kappa shape index (κ2) is 7.89. The van der Waals surface area contributed by atoms with Gasteiger partial charge in [0.15, 0.2) is 0 Å². The van der Waals surface area contributed by atoms with Crippen molar-refractivity contribution in [2.45, 2.75) is 19.9 Å². The molecule has 0 aromatic carbocycles. The van der Waals surface area contributed by atoms with Crippen molar-refractivity contribution in [3.05, 3.63) is 46.2 Å². The first kappa shape index (κ1) is 17.8. The number of ether oxygens (including phenoxy) is 1. The maximum absolute atomic E-state index is 12.1. The number of rotatable bonds is 4. The molecule has 0 saturated heterocycles. The molecule has 0 bridgehead atoms. The number of nitriles is 1. The van der Waals surface area contributed by atoms with Gasteiger partial charge in [0.05, 0.1) is 31.2 Å². The first-order valence-electron chi connectivity index (χ1n) is 8.10. The fourth-order valence-electron chi connectivity index (χ4n) is 2.68. The average Bonchev–Trinajstić information content (AvgIpc) is 3.26. The molecule has 26 heavy (non-hydrogen) atoms. The molecule has 8 heteroatoms. The SMILES string of the molecule is CCOC(=O)N1CCc2c(sc(NC(=O)C=Cc3ccoc3)c2C#N)C1. The molecule has 0 unspecified atom stereocenters. The summed E-state index contributed by atoms with van der Waals surface area (Å²) >= 11 is 1.32. The fraction of sp³-hybridized carbons (Fsp3) is 0.278. The molecule has 3 heterocycles. The lowest BCUT2D eigenvalue weighted by atomic mass is 10.0. The number of nitrogens with zero attached hydrogens (tertiary/aromatic N) is 2. The van der Waals surface area contributed by atoms with Crippen molar-refractivity contribution in [3.63, 3.8) is 0 Å². The van der Waals surface area contributed by atoms with Crippen LogP contribution in [0.15, 0.2) is 29.1 Å². The lowest BCUT2D eigenvalue weighted by Gasteiger charge is -2.25. The van der Waals surface area contributed by atoms with Gasteiger partial charge in [0, 0.05) is 23.1 Å². The van der Waals surface area contributed by atoms with Crippen LogP contribution in [0.5, 0.6) is 0 Å². The van der Waals surface area contributed by atoms with Crippen LogP contribution < -0.4 is 5.32 Å². The van der Waals surface area contributed by atoms with Gasteiger partial charge in [-0.2, -0.15) is 5.26 Å². The van der Waals surface area contributed by atoms with E-state index in [4.69, 9.17) is 9.15 Å². The Morgan fingerprint density at radius 1 is 1.54 bits per heavy atom. The van der Waals surface area contributed by atoms with Crippen LogP contribution in [-0.2, 0) is 22.5 Å². The molecule has 0 aliphatic carbocycles. The zero-order chi connectivity index (χ0) is 18.5. The van der Waals surface area contributed by atoms with E-state index in [0.29, 0.717) is 36.7 Å². The molecule has 2 amide bonds. The Labute approximate surface area is 154 Å². The van der Waals surface area contributed by atoms with Crippen LogP contribution in [0.1, 0.15) is 28.5 Å². The quantitative estimate of drug-likeness (QED) is 0.831. The van der Waals surface area contributed by atoms with Crippen LogP contribution in [-0.4, -0.2) is 30.1 Å². The van der Waals surface area contributed by atoms with Gasteiger partial charge in [-0.25, -0.2) is 4.79 Å². The number of hydrogen-bond donors (Lipinski definition) is 1. The first-order chi connectivity index (χ1) is 12.6. The Bertz CT molecular complexity index is 877. The van der Waals surface area contributed by atoms with Gasteiger partial charge in [0.25, 0.3) is 0 Å². The van der Waals surface area contributed by atoms with Crippen molar-refractivity contribution in [1.29, 1.82) is 5.26 Å². The molecule has 0 fully saturated rings. The third-order valence-electron chi connectivity index (χ3n) is 3.90. The Balaban J connectivity index is 1.74. The number of amides is 2. The molecule has 0 spiro atoms. The van der Waals surface area contributed by atoms with Gasteiger partial charge in [-0.3, -0.25) is 4.79 Å². The van der Waals surface area contributed by atoms with Crippen molar-refractivity contribution in [2.24, 2.45) is 0 Å². The number of thiophene rings is 1. The van der Waals surface area contributed by atoms with Crippen LogP contribution in [0, 0.1) is 11.3 Å². The van der Waals surface area contributed by atoms with Gasteiger partial charge < -0.3 is 19.4 Å². The van der Waals surface area contributed by atoms with Crippen molar-refractivity contribution in [1.82, 2.24) is 4.90 Å². The highest BCUT2D eigenvalue weighted by Gasteiger charge is 2.27. The zero-order valence-electron chi connectivity index (χ0n) is 14.2. The summed E-state index contributed by atoms with van der Waals surface area (Å²) in [5.74, 6) is -0.330. The van der Waals surface area contributed by atoms with Crippen molar-refractivity contribution < 1.29 is 18.7 Å². The normalized spacial score (nSPS) is 13.3. The van der Waals surface area contributed by atoms with E-state index in [-0.39, 0.29) is 12.0 Å². The monoisotopic (exact) mass is 371 g/mol. The Morgan fingerprint density at radius 3 is 3.08 bits per heavy atom. The van der Waals surface area contributed by atoms with Gasteiger partial charge in [-0.15, -0.1) is 11.3 Å². The number of anilines is 1. The Hall–Kier alpha value is -3.05. The van der Waals surface area contributed by atoms with E-state index in [9.17, 15) is 14.9 Å². The summed E-state index contributed by atoms with van der Waals surface area (Å²) in [4.78, 5) is 26.5. The molecule has 1 N–H and O–H groups in total. The number of carbonyl (C=O) groups excluding carboxylic acids is 2. The largest absolute Gasteiger partial charge is 0.472 e. The van der Waals surface area contributed by atoms with E-state index in [1.54, 1.807) is 24.0 Å². The number of fused-ring (bicyclic) bond motifs is 1. The third-order valence-corrected chi connectivity index (χ3v) is 5.03. The standard InChI is InChI=1S/C18H17N3O4S/c1-2-25-18(23)21-7-5-13-14(9-19)17(26-15(13)10-21)20-16(22)4-3-12-6-8-24-11-12/h3-4,6,8,11H,2,5,7,10H2,1H3,(H,20,22). The summed E-state index contributed by atoms with van der Waals surface area (Å²) in [6, 6.07) is 3.90. The molecular weight excluding hydrogens is 354 g/mol. The van der Waals surface area contributed by atoms with E-state index in [1.807, 2.05) is 0 Å². The minimum absolute atomic E-state index is 0.320. The summed E-state index contributed by atoms with van der Waals surface area (Å²) in [6.07, 6.45) is 6.26. The minimum atomic E-state index is -0.362. The Morgan fingerprint density at radius 2 is 2.38 bits per heavy atom. The molecule has 3 rings (SSSR count). The highest BCUT2D eigenvalue weighted by Crippen LogP contribution is 2.36. The summed E-state index contributed by atoms with van der Waals surface area (Å²) < 4.78 is 9.97. The van der Waals surface area contributed by atoms with Gasteiger partial charge in [0.2, 0.25) is 5.91 Å². The summed E-state index contributed by atoms with van der Waals surface area (Å²) in [6.45, 7) is 2.95. The van der Waals surface area contributed by atoms with E-state index in [0.717, 1.165) is 16.0 Å². The molecular formula is C18H17N3O4S. The molecule has 2 aromatic heterocycles. The molecule has 1 aliphatic heterocycles. The Kier molecular flexibility index (Phi) is 5.39. The predicted octanol–water partition coefficient (Wildman–Crippen LogP) is 3.38. The van der Waals surface area contributed by atoms with E-state index < -0.39 is 0 Å². The van der Waals surface area contributed by atoms with Crippen molar-refractivity contribution >= 4 is 34.4 Å².